The summed E-state index contributed by atoms with van der Waals surface area (Å²) in [7, 11) is 0. The molecule has 0 aromatic heterocycles. The van der Waals surface area contributed by atoms with Crippen LogP contribution < -0.4 is 42.5 Å². The first-order valence-corrected chi connectivity index (χ1v) is 24.6. The molecule has 0 aliphatic carbocycles. The van der Waals surface area contributed by atoms with Crippen LogP contribution in [-0.2, 0) is 58.9 Å². The average Bonchev–Trinajstić information content (AvgIpc) is 3.85. The Morgan fingerprint density at radius 1 is 0.773 bits per heavy atom. The van der Waals surface area contributed by atoms with Crippen LogP contribution in [0.4, 0.5) is 4.79 Å². The summed E-state index contributed by atoms with van der Waals surface area (Å²) in [5, 5.41) is 32.1. The highest BCUT2D eigenvalue weighted by Gasteiger charge is 2.42. The van der Waals surface area contributed by atoms with Gasteiger partial charge in [0.05, 0.1) is 70.4 Å². The van der Waals surface area contributed by atoms with Gasteiger partial charge in [-0.25, -0.2) is 4.79 Å². The van der Waals surface area contributed by atoms with Gasteiger partial charge in [-0.3, -0.25) is 33.6 Å². The Morgan fingerprint density at radius 3 is 2.08 bits per heavy atom. The van der Waals surface area contributed by atoms with Gasteiger partial charge in [-0.05, 0) is 57.1 Å². The van der Waals surface area contributed by atoms with Crippen molar-refractivity contribution in [3.05, 3.63) is 35.9 Å². The summed E-state index contributed by atoms with van der Waals surface area (Å²) in [5.41, 5.74) is 0.856. The second kappa shape index (κ2) is 32.2. The number of carbonyl (C=O) groups is 8. The van der Waals surface area contributed by atoms with Crippen molar-refractivity contribution in [3.8, 4) is 0 Å². The van der Waals surface area contributed by atoms with E-state index in [2.05, 4.69) is 42.5 Å². The lowest BCUT2D eigenvalue weighted by Gasteiger charge is -2.24. The quantitative estimate of drug-likeness (QED) is 0.0278. The van der Waals surface area contributed by atoms with E-state index < -0.39 is 61.0 Å². The minimum atomic E-state index is -1.42. The van der Waals surface area contributed by atoms with Crippen LogP contribution in [0.25, 0.3) is 0 Å². The van der Waals surface area contributed by atoms with Crippen LogP contribution in [0.5, 0.6) is 0 Å². The molecule has 3 rings (SSSR count). The number of thioether (sulfide) groups is 2. The molecule has 1 aromatic carbocycles. The molecule has 0 spiro atoms. The van der Waals surface area contributed by atoms with Gasteiger partial charge < -0.3 is 66.6 Å². The first-order chi connectivity index (χ1) is 31.8. The van der Waals surface area contributed by atoms with Crippen molar-refractivity contribution in [2.75, 3.05) is 90.3 Å². The summed E-state index contributed by atoms with van der Waals surface area (Å²) >= 11 is 3.29. The van der Waals surface area contributed by atoms with Crippen LogP contribution >= 0.6 is 23.5 Å². The molecule has 7 atom stereocenters. The van der Waals surface area contributed by atoms with E-state index in [1.807, 2.05) is 48.3 Å². The lowest BCUT2D eigenvalue weighted by molar-refractivity contribution is -0.136. The van der Waals surface area contributed by atoms with Gasteiger partial charge in [0.1, 0.15) is 25.3 Å². The van der Waals surface area contributed by atoms with Gasteiger partial charge in [0.25, 0.3) is 0 Å². The maximum Gasteiger partial charge on any atom is 0.315 e. The molecule has 9 N–H and O–H groups in total. The van der Waals surface area contributed by atoms with Crippen molar-refractivity contribution >= 4 is 70.8 Å². The van der Waals surface area contributed by atoms with Crippen LogP contribution in [0.1, 0.15) is 51.5 Å². The van der Waals surface area contributed by atoms with Crippen LogP contribution in [0.3, 0.4) is 0 Å². The SMILES string of the molecule is CSCC[C@H](NC(=O)[C@@H](NC(=O)COCCOCCNC(=O)COCCOCCNC(=O)CCCC[C@@H]1SC[C@@H]2NC(=O)N[C@@H]21)[C@@H](C)O)C(=O)NCC(=O)N[C@@H](Cc1ccccc1)C(C)=O. The molecule has 21 nitrogen and oxygen atoms in total. The number of Topliss-reactive ketones (excluding diaryl/α,β-unsaturated/α-hetero) is 1. The van der Waals surface area contributed by atoms with Crippen molar-refractivity contribution in [3.63, 3.8) is 0 Å². The number of hydrogen-bond acceptors (Lipinski definition) is 15. The van der Waals surface area contributed by atoms with E-state index in [4.69, 9.17) is 18.9 Å². The molecule has 2 aliphatic heterocycles. The summed E-state index contributed by atoms with van der Waals surface area (Å²) in [6.45, 7) is 3.24. The molecule has 0 radical (unpaired) electrons. The summed E-state index contributed by atoms with van der Waals surface area (Å²) in [5.74, 6) is -2.00. The third-order valence-electron chi connectivity index (χ3n) is 10.3. The van der Waals surface area contributed by atoms with Gasteiger partial charge in [-0.1, -0.05) is 36.8 Å². The second-order valence-electron chi connectivity index (χ2n) is 15.7. The first kappa shape index (κ1) is 55.8. The molecule has 66 heavy (non-hydrogen) atoms. The van der Waals surface area contributed by atoms with Gasteiger partial charge >= 0.3 is 6.03 Å². The Bertz CT molecular complexity index is 1700. The highest BCUT2D eigenvalue weighted by atomic mass is 32.2. The predicted molar refractivity (Wildman–Crippen MR) is 248 cm³/mol. The average molecular weight is 969 g/mol. The number of urea groups is 1. The number of unbranched alkanes of at least 4 members (excludes halogenated alkanes) is 1. The van der Waals surface area contributed by atoms with Crippen molar-refractivity contribution in [1.82, 2.24) is 42.5 Å². The Hall–Kier alpha value is -4.52. The van der Waals surface area contributed by atoms with Gasteiger partial charge in [0, 0.05) is 30.5 Å². The topological polar surface area (TPSA) is 290 Å². The van der Waals surface area contributed by atoms with Crippen LogP contribution in [0, 0.1) is 0 Å². The zero-order chi connectivity index (χ0) is 48.1. The maximum atomic E-state index is 13.2. The molecule has 370 valence electrons. The standard InChI is InChI=1S/C43H68N8O13S2/c1-28(52)32(23-30-9-5-4-6-10-30)47-36(55)24-46-41(58)31(13-22-65-3)48-42(59)39(29(2)53)50-38(57)26-64-21-19-62-17-15-45-37(56)25-63-20-18-61-16-14-44-35(54)12-8-7-11-34-40-33(27-66-34)49-43(60)51-40/h4-6,9-10,29,31-34,39-40,53H,7-8,11-27H2,1-3H3,(H,44,54)(H,45,56)(H,46,58)(H,47,55)(H,48,59)(H,50,57)(H2,49,51,60)/t29-,31+,32+,33+,34+,39+,40+/m1/s1. The van der Waals surface area contributed by atoms with Gasteiger partial charge in [-0.15, -0.1) is 0 Å². The zero-order valence-electron chi connectivity index (χ0n) is 38.0. The summed E-state index contributed by atoms with van der Waals surface area (Å²) in [6.07, 6.45) is 4.04. The summed E-state index contributed by atoms with van der Waals surface area (Å²) < 4.78 is 21.5. The number of nitrogens with one attached hydrogen (secondary N) is 8. The number of ketones is 1. The van der Waals surface area contributed by atoms with E-state index >= 15 is 0 Å². The lowest BCUT2D eigenvalue weighted by atomic mass is 10.0. The van der Waals surface area contributed by atoms with Gasteiger partial charge in [-0.2, -0.15) is 23.5 Å². The maximum absolute atomic E-state index is 13.2. The normalized spacial score (nSPS) is 18.1. The highest BCUT2D eigenvalue weighted by Crippen LogP contribution is 2.33. The first-order valence-electron chi connectivity index (χ1n) is 22.2. The van der Waals surface area contributed by atoms with E-state index in [1.54, 1.807) is 0 Å². The number of fused-ring (bicyclic) bond motifs is 1. The number of carbonyl (C=O) groups excluding carboxylic acids is 8. The van der Waals surface area contributed by atoms with Gasteiger partial charge in [0.2, 0.25) is 35.4 Å². The molecule has 2 saturated heterocycles. The van der Waals surface area contributed by atoms with Crippen LogP contribution in [0.2, 0.25) is 0 Å². The number of benzene rings is 1. The largest absolute Gasteiger partial charge is 0.391 e. The van der Waals surface area contributed by atoms with E-state index in [1.165, 1.54) is 25.6 Å². The Kier molecular flexibility index (Phi) is 27.3. The van der Waals surface area contributed by atoms with Crippen molar-refractivity contribution in [1.29, 1.82) is 0 Å². The molecular weight excluding hydrogens is 901 g/mol. The van der Waals surface area contributed by atoms with E-state index in [0.29, 0.717) is 30.6 Å². The fourth-order valence-corrected chi connectivity index (χ4v) is 8.79. The van der Waals surface area contributed by atoms with Crippen molar-refractivity contribution in [2.24, 2.45) is 0 Å². The number of hydrogen-bond donors (Lipinski definition) is 9. The Morgan fingerprint density at radius 2 is 1.42 bits per heavy atom. The molecule has 1 aromatic rings. The number of rotatable bonds is 35. The molecule has 2 aliphatic rings. The molecule has 0 unspecified atom stereocenters. The number of aliphatic hydroxyl groups excluding tert-OH is 1. The predicted octanol–water partition coefficient (Wildman–Crippen LogP) is -1.45. The van der Waals surface area contributed by atoms with Crippen molar-refractivity contribution < 1.29 is 62.4 Å². The number of amides is 8. The van der Waals surface area contributed by atoms with E-state index in [-0.39, 0.29) is 94.7 Å². The monoisotopic (exact) mass is 968 g/mol. The molecule has 0 bridgehead atoms. The smallest absolute Gasteiger partial charge is 0.315 e. The molecular formula is C43H68N8O13S2. The van der Waals surface area contributed by atoms with E-state index in [9.17, 15) is 43.5 Å². The van der Waals surface area contributed by atoms with Crippen LogP contribution in [-0.4, -0.2) is 184 Å². The van der Waals surface area contributed by atoms with E-state index in [0.717, 1.165) is 30.6 Å². The van der Waals surface area contributed by atoms with Gasteiger partial charge in [0.15, 0.2) is 5.78 Å². The highest BCUT2D eigenvalue weighted by molar-refractivity contribution is 8.00. The minimum absolute atomic E-state index is 0.0190. The second-order valence-corrected chi connectivity index (χ2v) is 17.9. The molecule has 8 amide bonds. The molecule has 2 heterocycles. The third kappa shape index (κ3) is 22.8. The zero-order valence-corrected chi connectivity index (χ0v) is 39.7. The molecule has 23 heteroatoms. The number of ether oxygens (including phenoxy) is 4. The van der Waals surface area contributed by atoms with Crippen LogP contribution in [0.15, 0.2) is 30.3 Å². The lowest BCUT2D eigenvalue weighted by Crippen LogP contribution is -2.58. The fourth-order valence-electron chi connectivity index (χ4n) is 6.78. The molecule has 0 saturated carbocycles. The molecule has 2 fully saturated rings. The Balaban J connectivity index is 1.17. The fraction of sp³-hybridized carbons (Fsp3) is 0.674. The third-order valence-corrected chi connectivity index (χ3v) is 12.4. The minimum Gasteiger partial charge on any atom is -0.391 e. The Labute approximate surface area is 394 Å². The number of aliphatic hydroxyl groups is 1. The van der Waals surface area contributed by atoms with Crippen molar-refractivity contribution in [2.45, 2.75) is 93.9 Å². The summed E-state index contributed by atoms with van der Waals surface area (Å²) in [6, 6.07) is 6.14. The summed E-state index contributed by atoms with van der Waals surface area (Å²) in [4.78, 5) is 99.3.